The van der Waals surface area contributed by atoms with Crippen LogP contribution in [0.5, 0.6) is 5.75 Å². The van der Waals surface area contributed by atoms with E-state index >= 15 is 0 Å². The molecule has 1 N–H and O–H groups in total. The van der Waals surface area contributed by atoms with Gasteiger partial charge in [0, 0.05) is 25.3 Å². The Bertz CT molecular complexity index is 1450. The van der Waals surface area contributed by atoms with Crippen LogP contribution in [0.1, 0.15) is 62.2 Å². The number of nitrogens with one attached hydrogen (secondary N) is 1. The maximum Gasteiger partial charge on any atom is 0.253 e. The van der Waals surface area contributed by atoms with Crippen molar-refractivity contribution >= 4 is 10.9 Å². The van der Waals surface area contributed by atoms with Gasteiger partial charge >= 0.3 is 0 Å². The van der Waals surface area contributed by atoms with Crippen LogP contribution in [0.2, 0.25) is 0 Å². The van der Waals surface area contributed by atoms with Gasteiger partial charge in [0.2, 0.25) is 0 Å². The van der Waals surface area contributed by atoms with Crippen LogP contribution >= 0.6 is 0 Å². The summed E-state index contributed by atoms with van der Waals surface area (Å²) in [6.45, 7) is 10.2. The highest BCUT2D eigenvalue weighted by atomic mass is 16.5. The second-order valence-corrected chi connectivity index (χ2v) is 11.0. The van der Waals surface area contributed by atoms with Crippen LogP contribution in [0.25, 0.3) is 10.9 Å². The molecule has 1 aliphatic heterocycles. The first kappa shape index (κ1) is 26.1. The molecule has 1 aliphatic rings. The zero-order valence-corrected chi connectivity index (χ0v) is 22.8. The third-order valence-electron chi connectivity index (χ3n) is 7.16. The van der Waals surface area contributed by atoms with Crippen LogP contribution in [0.15, 0.2) is 53.3 Å². The van der Waals surface area contributed by atoms with E-state index in [1.54, 1.807) is 7.11 Å². The number of benzene rings is 2. The third kappa shape index (κ3) is 5.35. The number of pyridine rings is 1. The molecule has 38 heavy (non-hydrogen) atoms. The average molecular weight is 517 g/mol. The molecule has 9 nitrogen and oxygen atoms in total. The summed E-state index contributed by atoms with van der Waals surface area (Å²) in [4.78, 5) is 19.2. The molecule has 9 heteroatoms. The molecule has 0 spiro atoms. The number of aromatic amines is 1. The highest BCUT2D eigenvalue weighted by Gasteiger charge is 2.35. The minimum absolute atomic E-state index is 0.0662. The normalized spacial score (nSPS) is 16.8. The van der Waals surface area contributed by atoms with Crippen LogP contribution in [0.4, 0.5) is 0 Å². The van der Waals surface area contributed by atoms with E-state index in [0.717, 1.165) is 47.2 Å². The van der Waals surface area contributed by atoms with Crippen molar-refractivity contribution in [2.24, 2.45) is 0 Å². The number of para-hydroxylation sites is 1. The Balaban J connectivity index is 1.68. The minimum Gasteiger partial charge on any atom is -0.497 e. The fourth-order valence-corrected chi connectivity index (χ4v) is 5.22. The first-order valence-electron chi connectivity index (χ1n) is 13.1. The minimum atomic E-state index is -0.496. The Morgan fingerprint density at radius 3 is 2.68 bits per heavy atom. The quantitative estimate of drug-likeness (QED) is 0.372. The smallest absolute Gasteiger partial charge is 0.253 e. The lowest BCUT2D eigenvalue weighted by molar-refractivity contribution is 0.0564. The van der Waals surface area contributed by atoms with Gasteiger partial charge in [-0.05, 0) is 85.7 Å². The Morgan fingerprint density at radius 1 is 1.21 bits per heavy atom. The van der Waals surface area contributed by atoms with Crippen LogP contribution < -0.4 is 10.3 Å². The van der Waals surface area contributed by atoms with Gasteiger partial charge in [-0.15, -0.1) is 5.10 Å². The van der Waals surface area contributed by atoms with Gasteiger partial charge in [0.15, 0.2) is 5.82 Å². The molecule has 0 radical (unpaired) electrons. The van der Waals surface area contributed by atoms with Crippen molar-refractivity contribution < 1.29 is 9.47 Å². The summed E-state index contributed by atoms with van der Waals surface area (Å²) >= 11 is 0. The fourth-order valence-electron chi connectivity index (χ4n) is 5.22. The molecule has 5 rings (SSSR count). The van der Waals surface area contributed by atoms with Crippen molar-refractivity contribution in [2.75, 3.05) is 20.3 Å². The summed E-state index contributed by atoms with van der Waals surface area (Å²) < 4.78 is 13.3. The summed E-state index contributed by atoms with van der Waals surface area (Å²) in [6.07, 6.45) is 2.07. The van der Waals surface area contributed by atoms with Gasteiger partial charge in [-0.2, -0.15) is 0 Å². The van der Waals surface area contributed by atoms with Gasteiger partial charge in [-0.3, -0.25) is 9.69 Å². The molecule has 0 unspecified atom stereocenters. The van der Waals surface area contributed by atoms with Crippen molar-refractivity contribution in [3.63, 3.8) is 0 Å². The molecule has 1 fully saturated rings. The number of methoxy groups -OCH3 is 1. The lowest BCUT2D eigenvalue weighted by Gasteiger charge is -2.34. The van der Waals surface area contributed by atoms with Crippen molar-refractivity contribution in [1.29, 1.82) is 0 Å². The molecule has 200 valence electrons. The fraction of sp³-hybridized carbons (Fsp3) is 0.448. The highest BCUT2D eigenvalue weighted by molar-refractivity contribution is 5.82. The van der Waals surface area contributed by atoms with E-state index in [1.165, 1.54) is 0 Å². The molecule has 0 bridgehead atoms. The number of hydrogen-bond donors (Lipinski definition) is 1. The molecule has 2 aromatic carbocycles. The van der Waals surface area contributed by atoms with E-state index in [9.17, 15) is 4.79 Å². The highest BCUT2D eigenvalue weighted by Crippen LogP contribution is 2.32. The van der Waals surface area contributed by atoms with Crippen LogP contribution in [-0.2, 0) is 16.8 Å². The van der Waals surface area contributed by atoms with Gasteiger partial charge in [-0.25, -0.2) is 4.68 Å². The zero-order valence-electron chi connectivity index (χ0n) is 22.8. The Hall–Kier alpha value is -3.56. The number of H-pyrrole nitrogens is 1. The Labute approximate surface area is 222 Å². The molecular formula is C29H36N6O3. The summed E-state index contributed by atoms with van der Waals surface area (Å²) in [5.41, 5.74) is 3.04. The predicted molar refractivity (Wildman–Crippen MR) is 146 cm³/mol. The van der Waals surface area contributed by atoms with Crippen LogP contribution in [-0.4, -0.2) is 56.5 Å². The third-order valence-corrected chi connectivity index (χ3v) is 7.16. The number of nitrogens with zero attached hydrogens (tertiary/aromatic N) is 5. The number of aromatic nitrogens is 5. The number of tetrazole rings is 1. The molecule has 4 aromatic rings. The van der Waals surface area contributed by atoms with Gasteiger partial charge < -0.3 is 14.5 Å². The van der Waals surface area contributed by atoms with Gasteiger partial charge in [0.05, 0.1) is 24.3 Å². The standard InChI is InChI=1S/C29H36N6O3/c1-19-8-6-9-21-16-24(28(36)30-25(19)21)26(27-31-32-33-35(27)29(2,3)4)34(18-23-10-7-15-38-23)17-20-11-13-22(37-5)14-12-20/h6,8-9,11-14,16,23,26H,7,10,15,17-18H2,1-5H3,(H,30,36)/t23-,26+/m1/s1. The molecule has 0 aliphatic carbocycles. The van der Waals surface area contributed by atoms with E-state index in [4.69, 9.17) is 9.47 Å². The molecule has 1 saturated heterocycles. The Morgan fingerprint density at radius 2 is 2.00 bits per heavy atom. The zero-order chi connectivity index (χ0) is 26.9. The number of rotatable bonds is 8. The molecule has 0 amide bonds. The van der Waals surface area contributed by atoms with Gasteiger partial charge in [0.25, 0.3) is 5.56 Å². The van der Waals surface area contributed by atoms with Crippen molar-refractivity contribution in [2.45, 2.75) is 64.8 Å². The molecule has 2 atom stereocenters. The number of aryl methyl sites for hydroxylation is 1. The summed E-state index contributed by atoms with van der Waals surface area (Å²) in [6, 6.07) is 15.6. The van der Waals surface area contributed by atoms with Crippen molar-refractivity contribution in [3.8, 4) is 5.75 Å². The molecule has 0 saturated carbocycles. The summed E-state index contributed by atoms with van der Waals surface area (Å²) in [5.74, 6) is 1.43. The molecule has 2 aromatic heterocycles. The predicted octanol–water partition coefficient (Wildman–Crippen LogP) is 4.36. The lowest BCUT2D eigenvalue weighted by atomic mass is 9.99. The number of fused-ring (bicyclic) bond motifs is 1. The topological polar surface area (TPSA) is 98.2 Å². The monoisotopic (exact) mass is 516 g/mol. The van der Waals surface area contributed by atoms with Crippen molar-refractivity contribution in [1.82, 2.24) is 30.1 Å². The molecule has 3 heterocycles. The number of hydrogen-bond acceptors (Lipinski definition) is 7. The largest absolute Gasteiger partial charge is 0.497 e. The maximum absolute atomic E-state index is 13.8. The first-order valence-corrected chi connectivity index (χ1v) is 13.1. The van der Waals surface area contributed by atoms with Crippen LogP contribution in [0, 0.1) is 6.92 Å². The van der Waals surface area contributed by atoms with E-state index < -0.39 is 6.04 Å². The van der Waals surface area contributed by atoms with Crippen LogP contribution in [0.3, 0.4) is 0 Å². The summed E-state index contributed by atoms with van der Waals surface area (Å²) in [5, 5.41) is 13.9. The molecular weight excluding hydrogens is 480 g/mol. The van der Waals surface area contributed by atoms with Gasteiger partial charge in [-0.1, -0.05) is 30.3 Å². The SMILES string of the molecule is COc1ccc(CN(C[C@H]2CCCO2)[C@@H](c2cc3cccc(C)c3[nH]c2=O)c2nnnn2C(C)(C)C)cc1. The summed E-state index contributed by atoms with van der Waals surface area (Å²) in [7, 11) is 1.66. The van der Waals surface area contributed by atoms with Gasteiger partial charge in [0.1, 0.15) is 11.8 Å². The maximum atomic E-state index is 13.8. The Kier molecular flexibility index (Phi) is 7.32. The number of ether oxygens (including phenoxy) is 2. The first-order chi connectivity index (χ1) is 18.2. The van der Waals surface area contributed by atoms with E-state index in [1.807, 2.05) is 48.0 Å². The van der Waals surface area contributed by atoms with E-state index in [2.05, 4.69) is 58.3 Å². The van der Waals surface area contributed by atoms with E-state index in [-0.39, 0.29) is 17.2 Å². The average Bonchev–Trinajstić information content (AvgIpc) is 3.58. The van der Waals surface area contributed by atoms with Crippen molar-refractivity contribution in [3.05, 3.63) is 81.4 Å². The lowest BCUT2D eigenvalue weighted by Crippen LogP contribution is -2.40. The second-order valence-electron chi connectivity index (χ2n) is 11.0. The van der Waals surface area contributed by atoms with E-state index in [0.29, 0.717) is 24.5 Å². The second kappa shape index (κ2) is 10.7.